The number of ether oxygens (including phenoxy) is 1. The third kappa shape index (κ3) is 6.32. The standard InChI is InChI=1S/C33H31N3O3S/c1-21-10-14-26(15-11-21)40-32-27(9-6-16-34-32)31(38)35-24-8-5-7-22(17-24)30(37)19-29-28-18-25(39-4)13-12-23(28)20-33(2,3)36-29/h5-18H,19-20H2,1-4H3,(H,35,38). The van der Waals surface area contributed by atoms with E-state index in [4.69, 9.17) is 9.73 Å². The summed E-state index contributed by atoms with van der Waals surface area (Å²) in [6.07, 6.45) is 2.63. The van der Waals surface area contributed by atoms with Crippen LogP contribution < -0.4 is 10.1 Å². The number of ketones is 1. The number of hydrogen-bond acceptors (Lipinski definition) is 6. The van der Waals surface area contributed by atoms with E-state index >= 15 is 0 Å². The van der Waals surface area contributed by atoms with Crippen molar-refractivity contribution in [1.29, 1.82) is 0 Å². The van der Waals surface area contributed by atoms with Gasteiger partial charge in [-0.15, -0.1) is 0 Å². The van der Waals surface area contributed by atoms with Crippen molar-refractivity contribution < 1.29 is 14.3 Å². The van der Waals surface area contributed by atoms with E-state index < -0.39 is 0 Å². The van der Waals surface area contributed by atoms with Gasteiger partial charge < -0.3 is 10.1 Å². The summed E-state index contributed by atoms with van der Waals surface area (Å²) in [7, 11) is 1.63. The number of amides is 1. The third-order valence-corrected chi connectivity index (χ3v) is 7.74. The Kier molecular flexibility index (Phi) is 7.85. The number of carbonyl (C=O) groups is 2. The molecule has 0 atom stereocenters. The molecule has 7 heteroatoms. The van der Waals surface area contributed by atoms with Gasteiger partial charge in [-0.1, -0.05) is 47.7 Å². The van der Waals surface area contributed by atoms with Crippen LogP contribution in [0.15, 0.2) is 100.0 Å². The molecule has 1 amide bonds. The van der Waals surface area contributed by atoms with Gasteiger partial charge in [0.2, 0.25) is 0 Å². The average molecular weight is 550 g/mol. The van der Waals surface area contributed by atoms with E-state index in [0.29, 0.717) is 21.8 Å². The molecule has 1 aliphatic heterocycles. The Bertz CT molecular complexity index is 1610. The maximum absolute atomic E-state index is 13.4. The van der Waals surface area contributed by atoms with E-state index in [2.05, 4.69) is 30.2 Å². The lowest BCUT2D eigenvalue weighted by Gasteiger charge is -2.29. The number of aromatic nitrogens is 1. The molecule has 202 valence electrons. The van der Waals surface area contributed by atoms with Crippen LogP contribution in [0.3, 0.4) is 0 Å². The summed E-state index contributed by atoms with van der Waals surface area (Å²) in [6.45, 7) is 6.18. The minimum Gasteiger partial charge on any atom is -0.497 e. The highest BCUT2D eigenvalue weighted by molar-refractivity contribution is 7.99. The molecule has 4 aromatic rings. The van der Waals surface area contributed by atoms with Gasteiger partial charge in [-0.25, -0.2) is 4.98 Å². The van der Waals surface area contributed by atoms with Crippen molar-refractivity contribution >= 4 is 34.9 Å². The molecule has 0 fully saturated rings. The fourth-order valence-corrected chi connectivity index (χ4v) is 5.64. The van der Waals surface area contributed by atoms with E-state index in [1.165, 1.54) is 17.3 Å². The van der Waals surface area contributed by atoms with Crippen LogP contribution >= 0.6 is 11.8 Å². The van der Waals surface area contributed by atoms with Gasteiger partial charge in [0.15, 0.2) is 5.78 Å². The van der Waals surface area contributed by atoms with Crippen LogP contribution in [0.25, 0.3) is 0 Å². The molecule has 0 bridgehead atoms. The Hall–Kier alpha value is -4.23. The maximum Gasteiger partial charge on any atom is 0.258 e. The number of methoxy groups -OCH3 is 1. The minimum atomic E-state index is -0.301. The SMILES string of the molecule is COc1ccc2c(c1)C(CC(=O)c1cccc(NC(=O)c3cccnc3Sc3ccc(C)cc3)c1)=NC(C)(C)C2. The van der Waals surface area contributed by atoms with Gasteiger partial charge in [-0.2, -0.15) is 0 Å². The molecule has 0 aliphatic carbocycles. The molecule has 0 saturated carbocycles. The zero-order chi connectivity index (χ0) is 28.3. The molecule has 40 heavy (non-hydrogen) atoms. The van der Waals surface area contributed by atoms with Crippen molar-refractivity contribution in [1.82, 2.24) is 4.98 Å². The number of anilines is 1. The van der Waals surface area contributed by atoms with E-state index in [1.54, 1.807) is 49.7 Å². The summed E-state index contributed by atoms with van der Waals surface area (Å²) in [6, 6.07) is 24.6. The van der Waals surface area contributed by atoms with Crippen molar-refractivity contribution in [3.8, 4) is 5.75 Å². The van der Waals surface area contributed by atoms with Gasteiger partial charge in [0.25, 0.3) is 5.91 Å². The molecule has 0 radical (unpaired) electrons. The van der Waals surface area contributed by atoms with Crippen LogP contribution in [0.2, 0.25) is 0 Å². The van der Waals surface area contributed by atoms with Crippen LogP contribution in [0.4, 0.5) is 5.69 Å². The lowest BCUT2D eigenvalue weighted by molar-refractivity contribution is 0.0996. The molecule has 1 aliphatic rings. The van der Waals surface area contributed by atoms with Gasteiger partial charge in [0, 0.05) is 27.9 Å². The monoisotopic (exact) mass is 549 g/mol. The number of fused-ring (bicyclic) bond motifs is 1. The number of pyridine rings is 1. The Morgan fingerprint density at radius 3 is 2.58 bits per heavy atom. The Balaban J connectivity index is 1.34. The number of Topliss-reactive ketones (excluding diaryl/α,β-unsaturated/α-hetero) is 1. The summed E-state index contributed by atoms with van der Waals surface area (Å²) in [5, 5.41) is 3.56. The number of nitrogens with one attached hydrogen (secondary N) is 1. The lowest BCUT2D eigenvalue weighted by atomic mass is 9.85. The van der Waals surface area contributed by atoms with Crippen LogP contribution in [0.1, 0.15) is 57.7 Å². The first-order chi connectivity index (χ1) is 19.2. The molecule has 1 aromatic heterocycles. The second-order valence-electron chi connectivity index (χ2n) is 10.5. The highest BCUT2D eigenvalue weighted by atomic mass is 32.2. The minimum absolute atomic E-state index is 0.0710. The van der Waals surface area contributed by atoms with Crippen LogP contribution in [-0.2, 0) is 6.42 Å². The zero-order valence-electron chi connectivity index (χ0n) is 23.0. The second kappa shape index (κ2) is 11.5. The summed E-state index contributed by atoms with van der Waals surface area (Å²) in [5.41, 5.74) is 5.23. The first-order valence-corrected chi connectivity index (χ1v) is 13.9. The maximum atomic E-state index is 13.4. The van der Waals surface area contributed by atoms with Crippen molar-refractivity contribution in [2.75, 3.05) is 12.4 Å². The van der Waals surface area contributed by atoms with E-state index in [9.17, 15) is 9.59 Å². The number of aliphatic imine (C=N–C) groups is 1. The van der Waals surface area contributed by atoms with Crippen molar-refractivity contribution in [3.63, 3.8) is 0 Å². The lowest BCUT2D eigenvalue weighted by Crippen LogP contribution is -2.30. The number of rotatable bonds is 8. The Morgan fingerprint density at radius 2 is 1.80 bits per heavy atom. The molecule has 2 heterocycles. The van der Waals surface area contributed by atoms with E-state index in [1.807, 2.05) is 43.3 Å². The molecule has 0 spiro atoms. The quantitative estimate of drug-likeness (QED) is 0.235. The van der Waals surface area contributed by atoms with Gasteiger partial charge in [0.05, 0.1) is 30.3 Å². The smallest absolute Gasteiger partial charge is 0.258 e. The van der Waals surface area contributed by atoms with Crippen molar-refractivity contribution in [2.45, 2.75) is 49.1 Å². The summed E-state index contributed by atoms with van der Waals surface area (Å²) < 4.78 is 5.42. The number of carbonyl (C=O) groups excluding carboxylic acids is 2. The zero-order valence-corrected chi connectivity index (χ0v) is 23.8. The van der Waals surface area contributed by atoms with Gasteiger partial charge in [-0.3, -0.25) is 14.6 Å². The topological polar surface area (TPSA) is 80.6 Å². The third-order valence-electron chi connectivity index (χ3n) is 6.71. The summed E-state index contributed by atoms with van der Waals surface area (Å²) in [5.74, 6) is 0.378. The molecule has 1 N–H and O–H groups in total. The molecule has 6 nitrogen and oxygen atoms in total. The predicted molar refractivity (Wildman–Crippen MR) is 160 cm³/mol. The molecule has 0 saturated heterocycles. The van der Waals surface area contributed by atoms with Crippen molar-refractivity contribution in [2.24, 2.45) is 4.99 Å². The highest BCUT2D eigenvalue weighted by Gasteiger charge is 2.28. The number of nitrogens with zero attached hydrogens (tertiary/aromatic N) is 2. The van der Waals surface area contributed by atoms with Crippen LogP contribution in [0.5, 0.6) is 5.75 Å². The molecule has 3 aromatic carbocycles. The van der Waals surface area contributed by atoms with E-state index in [0.717, 1.165) is 33.9 Å². The number of hydrogen-bond donors (Lipinski definition) is 1. The highest BCUT2D eigenvalue weighted by Crippen LogP contribution is 2.32. The normalized spacial score (nSPS) is 13.7. The second-order valence-corrected chi connectivity index (χ2v) is 11.5. The number of aryl methyl sites for hydroxylation is 1. The Labute approximate surface area is 238 Å². The molecular formula is C33H31N3O3S. The first-order valence-electron chi connectivity index (χ1n) is 13.1. The Morgan fingerprint density at radius 1 is 1.00 bits per heavy atom. The van der Waals surface area contributed by atoms with Crippen molar-refractivity contribution in [3.05, 3.63) is 113 Å². The van der Waals surface area contributed by atoms with Gasteiger partial charge in [0.1, 0.15) is 10.8 Å². The van der Waals surface area contributed by atoms with Gasteiger partial charge in [-0.05, 0) is 81.3 Å². The van der Waals surface area contributed by atoms with Crippen LogP contribution in [-0.4, -0.2) is 35.0 Å². The number of benzene rings is 3. The van der Waals surface area contributed by atoms with Gasteiger partial charge >= 0.3 is 0 Å². The van der Waals surface area contributed by atoms with Crippen LogP contribution in [0, 0.1) is 6.92 Å². The predicted octanol–water partition coefficient (Wildman–Crippen LogP) is 7.20. The van der Waals surface area contributed by atoms with E-state index in [-0.39, 0.29) is 23.7 Å². The average Bonchev–Trinajstić information content (AvgIpc) is 2.94. The first kappa shape index (κ1) is 27.3. The molecular weight excluding hydrogens is 518 g/mol. The summed E-state index contributed by atoms with van der Waals surface area (Å²) in [4.78, 5) is 37.1. The molecule has 0 unspecified atom stereocenters. The molecule has 5 rings (SSSR count). The fraction of sp³-hybridized carbons (Fsp3) is 0.212. The largest absolute Gasteiger partial charge is 0.497 e. The fourth-order valence-electron chi connectivity index (χ4n) is 4.76. The summed E-state index contributed by atoms with van der Waals surface area (Å²) >= 11 is 1.44.